The number of hydrogen-bond acceptors (Lipinski definition) is 4. The average molecular weight is 330 g/mol. The van der Waals surface area contributed by atoms with Gasteiger partial charge in [-0.3, -0.25) is 0 Å². The Bertz CT molecular complexity index is 832. The van der Waals surface area contributed by atoms with Crippen LogP contribution in [0.3, 0.4) is 0 Å². The molecule has 120 valence electrons. The summed E-state index contributed by atoms with van der Waals surface area (Å²) in [6, 6.07) is 16.7. The molecular weight excluding hydrogens is 312 g/mol. The van der Waals surface area contributed by atoms with Crippen LogP contribution in [-0.4, -0.2) is 31.9 Å². The normalized spacial score (nSPS) is 17.9. The molecule has 1 atom stereocenters. The molecule has 6 heteroatoms. The molecule has 0 saturated carbocycles. The summed E-state index contributed by atoms with van der Waals surface area (Å²) in [5.74, 6) is 0.663. The third-order valence-electron chi connectivity index (χ3n) is 3.82. The molecule has 0 N–H and O–H groups in total. The number of benzene rings is 2. The van der Waals surface area contributed by atoms with Gasteiger partial charge in [-0.15, -0.1) is 0 Å². The van der Waals surface area contributed by atoms with E-state index in [1.54, 1.807) is 7.11 Å². The molecule has 0 fully saturated rings. The van der Waals surface area contributed by atoms with Crippen molar-refractivity contribution in [3.63, 3.8) is 0 Å². The number of hydrazone groups is 1. The zero-order valence-electron chi connectivity index (χ0n) is 13.0. The van der Waals surface area contributed by atoms with Gasteiger partial charge in [-0.25, -0.2) is 8.42 Å². The van der Waals surface area contributed by atoms with Crippen LogP contribution in [-0.2, 0) is 10.0 Å². The number of rotatable bonds is 4. The highest BCUT2D eigenvalue weighted by Crippen LogP contribution is 2.38. The number of hydrogen-bond donors (Lipinski definition) is 0. The highest BCUT2D eigenvalue weighted by molar-refractivity contribution is 7.88. The van der Waals surface area contributed by atoms with Crippen molar-refractivity contribution in [1.82, 2.24) is 4.41 Å². The molecule has 5 nitrogen and oxygen atoms in total. The Morgan fingerprint density at radius 3 is 2.39 bits per heavy atom. The molecule has 2 aromatic rings. The van der Waals surface area contributed by atoms with Gasteiger partial charge >= 0.3 is 0 Å². The van der Waals surface area contributed by atoms with Gasteiger partial charge in [-0.1, -0.05) is 48.5 Å². The number of sulfonamides is 1. The van der Waals surface area contributed by atoms with E-state index in [-0.39, 0.29) is 0 Å². The van der Waals surface area contributed by atoms with Crippen LogP contribution in [0.15, 0.2) is 59.7 Å². The van der Waals surface area contributed by atoms with E-state index in [1.807, 2.05) is 54.6 Å². The molecule has 0 spiro atoms. The lowest BCUT2D eigenvalue weighted by Gasteiger charge is -2.23. The van der Waals surface area contributed by atoms with Crippen molar-refractivity contribution in [1.29, 1.82) is 0 Å². The quantitative estimate of drug-likeness (QED) is 0.866. The topological polar surface area (TPSA) is 59.0 Å². The number of ether oxygens (including phenoxy) is 1. The Hall–Kier alpha value is -2.34. The average Bonchev–Trinajstić information content (AvgIpc) is 3.01. The Morgan fingerprint density at radius 1 is 1.09 bits per heavy atom. The highest BCUT2D eigenvalue weighted by Gasteiger charge is 2.35. The summed E-state index contributed by atoms with van der Waals surface area (Å²) in [7, 11) is -1.89. The van der Waals surface area contributed by atoms with E-state index < -0.39 is 16.1 Å². The van der Waals surface area contributed by atoms with Gasteiger partial charge in [0.2, 0.25) is 10.0 Å². The van der Waals surface area contributed by atoms with E-state index in [2.05, 4.69) is 5.10 Å². The maximum atomic E-state index is 12.2. The fourth-order valence-electron chi connectivity index (χ4n) is 2.77. The Labute approximate surface area is 136 Å². The Kier molecular flexibility index (Phi) is 4.09. The fraction of sp³-hybridized carbons (Fsp3) is 0.235. The molecule has 0 saturated heterocycles. The molecule has 3 rings (SSSR count). The van der Waals surface area contributed by atoms with Crippen LogP contribution in [0.4, 0.5) is 0 Å². The molecule has 1 aliphatic rings. The monoisotopic (exact) mass is 330 g/mol. The minimum Gasteiger partial charge on any atom is -0.496 e. The van der Waals surface area contributed by atoms with Crippen molar-refractivity contribution in [2.75, 3.05) is 13.4 Å². The van der Waals surface area contributed by atoms with Crippen LogP contribution in [0.2, 0.25) is 0 Å². The number of nitrogens with zero attached hydrogens (tertiary/aromatic N) is 2. The van der Waals surface area contributed by atoms with Crippen LogP contribution in [0.25, 0.3) is 0 Å². The van der Waals surface area contributed by atoms with E-state index in [1.165, 1.54) is 10.7 Å². The van der Waals surface area contributed by atoms with E-state index in [0.717, 1.165) is 16.8 Å². The van der Waals surface area contributed by atoms with Crippen molar-refractivity contribution in [2.45, 2.75) is 12.5 Å². The van der Waals surface area contributed by atoms with Crippen molar-refractivity contribution < 1.29 is 13.2 Å². The lowest BCUT2D eigenvalue weighted by molar-refractivity contribution is 0.352. The molecule has 1 unspecified atom stereocenters. The second kappa shape index (κ2) is 6.04. The first-order valence-electron chi connectivity index (χ1n) is 7.26. The molecule has 0 aromatic heterocycles. The van der Waals surface area contributed by atoms with Crippen LogP contribution >= 0.6 is 0 Å². The van der Waals surface area contributed by atoms with Gasteiger partial charge < -0.3 is 4.74 Å². The van der Waals surface area contributed by atoms with Gasteiger partial charge in [-0.2, -0.15) is 9.52 Å². The first kappa shape index (κ1) is 15.6. The summed E-state index contributed by atoms with van der Waals surface area (Å²) >= 11 is 0. The van der Waals surface area contributed by atoms with Gasteiger partial charge in [0.15, 0.2) is 0 Å². The third-order valence-corrected chi connectivity index (χ3v) is 4.83. The molecule has 0 amide bonds. The molecule has 1 heterocycles. The maximum absolute atomic E-state index is 12.2. The van der Waals surface area contributed by atoms with Crippen LogP contribution in [0.5, 0.6) is 5.75 Å². The second-order valence-corrected chi connectivity index (χ2v) is 7.25. The summed E-state index contributed by atoms with van der Waals surface area (Å²) in [6.07, 6.45) is 1.68. The summed E-state index contributed by atoms with van der Waals surface area (Å²) in [4.78, 5) is 0. The highest BCUT2D eigenvalue weighted by atomic mass is 32.2. The van der Waals surface area contributed by atoms with E-state index in [4.69, 9.17) is 4.74 Å². The van der Waals surface area contributed by atoms with E-state index in [9.17, 15) is 8.42 Å². The van der Waals surface area contributed by atoms with Crippen LogP contribution in [0.1, 0.15) is 23.6 Å². The standard InChI is InChI=1S/C17H18N2O3S/c1-22-17-11-7-6-10-14(17)16-12-15(13-8-4-3-5-9-13)18-19(16)23(2,20)21/h3-11,16H,12H2,1-2H3. The van der Waals surface area contributed by atoms with Crippen molar-refractivity contribution >= 4 is 15.7 Å². The smallest absolute Gasteiger partial charge is 0.247 e. The SMILES string of the molecule is COc1ccccc1C1CC(c2ccccc2)=NN1S(C)(=O)=O. The van der Waals surface area contributed by atoms with Crippen molar-refractivity contribution in [3.05, 3.63) is 65.7 Å². The minimum absolute atomic E-state index is 0.392. The molecular formula is C17H18N2O3S. The predicted octanol–water partition coefficient (Wildman–Crippen LogP) is 2.81. The van der Waals surface area contributed by atoms with Gasteiger partial charge in [0.25, 0.3) is 0 Å². The Balaban J connectivity index is 2.05. The molecule has 2 aromatic carbocycles. The van der Waals surface area contributed by atoms with E-state index >= 15 is 0 Å². The predicted molar refractivity (Wildman–Crippen MR) is 90.0 cm³/mol. The lowest BCUT2D eigenvalue weighted by atomic mass is 9.98. The molecule has 0 aliphatic carbocycles. The third kappa shape index (κ3) is 3.07. The molecule has 0 radical (unpaired) electrons. The second-order valence-electron chi connectivity index (χ2n) is 5.41. The van der Waals surface area contributed by atoms with E-state index in [0.29, 0.717) is 12.2 Å². The van der Waals surface area contributed by atoms with Crippen LogP contribution in [0, 0.1) is 0 Å². The zero-order chi connectivity index (χ0) is 16.4. The minimum atomic E-state index is -3.48. The molecule has 1 aliphatic heterocycles. The van der Waals surface area contributed by atoms with Crippen LogP contribution < -0.4 is 4.74 Å². The fourth-order valence-corrected chi connectivity index (χ4v) is 3.67. The largest absolute Gasteiger partial charge is 0.496 e. The lowest BCUT2D eigenvalue weighted by Crippen LogP contribution is -2.26. The number of methoxy groups -OCH3 is 1. The summed E-state index contributed by atoms with van der Waals surface area (Å²) in [5.41, 5.74) is 2.50. The molecule has 0 bridgehead atoms. The molecule has 23 heavy (non-hydrogen) atoms. The Morgan fingerprint density at radius 2 is 1.74 bits per heavy atom. The summed E-state index contributed by atoms with van der Waals surface area (Å²) in [5, 5.41) is 4.37. The zero-order valence-corrected chi connectivity index (χ0v) is 13.8. The van der Waals surface area contributed by atoms with Gasteiger partial charge in [0, 0.05) is 12.0 Å². The van der Waals surface area contributed by atoms with Gasteiger partial charge in [0.05, 0.1) is 25.1 Å². The van der Waals surface area contributed by atoms with Gasteiger partial charge in [0.1, 0.15) is 5.75 Å². The summed E-state index contributed by atoms with van der Waals surface area (Å²) in [6.45, 7) is 0. The van der Waals surface area contributed by atoms with Crippen molar-refractivity contribution in [2.24, 2.45) is 5.10 Å². The number of para-hydroxylation sites is 1. The first-order chi connectivity index (χ1) is 11.0. The summed E-state index contributed by atoms with van der Waals surface area (Å²) < 4.78 is 30.9. The first-order valence-corrected chi connectivity index (χ1v) is 9.11. The maximum Gasteiger partial charge on any atom is 0.247 e. The van der Waals surface area contributed by atoms with Gasteiger partial charge in [-0.05, 0) is 11.6 Å². The van der Waals surface area contributed by atoms with Crippen molar-refractivity contribution in [3.8, 4) is 5.75 Å².